The Morgan fingerprint density at radius 3 is 3.06 bits per heavy atom. The Bertz CT molecular complexity index is 468. The molecule has 2 aromatic rings. The number of rotatable bonds is 4. The second kappa shape index (κ2) is 4.42. The second-order valence-electron chi connectivity index (χ2n) is 3.61. The largest absolute Gasteiger partial charge is 0.392 e. The van der Waals surface area contributed by atoms with E-state index in [1.165, 1.54) is 6.33 Å². The number of aromatic amines is 1. The van der Waals surface area contributed by atoms with E-state index in [0.29, 0.717) is 18.0 Å². The summed E-state index contributed by atoms with van der Waals surface area (Å²) in [5.41, 5.74) is 7.04. The summed E-state index contributed by atoms with van der Waals surface area (Å²) in [6, 6.07) is -0.340. The molecule has 0 aliphatic heterocycles. The number of anilines is 1. The normalized spacial score (nSPS) is 14.9. The minimum atomic E-state index is -0.563. The molecule has 86 valence electrons. The van der Waals surface area contributed by atoms with E-state index in [-0.39, 0.29) is 6.04 Å². The van der Waals surface area contributed by atoms with Crippen molar-refractivity contribution < 1.29 is 5.11 Å². The fraction of sp³-hybridized carbons (Fsp3) is 0.444. The van der Waals surface area contributed by atoms with Crippen LogP contribution in [0.25, 0.3) is 11.2 Å². The van der Waals surface area contributed by atoms with Crippen LogP contribution in [0.3, 0.4) is 0 Å². The van der Waals surface area contributed by atoms with Gasteiger partial charge in [-0.05, 0) is 6.92 Å². The summed E-state index contributed by atoms with van der Waals surface area (Å²) in [5.74, 6) is 0.638. The fourth-order valence-corrected chi connectivity index (χ4v) is 1.28. The Morgan fingerprint density at radius 2 is 2.31 bits per heavy atom. The Balaban J connectivity index is 2.12. The molecule has 0 aliphatic carbocycles. The quantitative estimate of drug-likeness (QED) is 0.553. The topological polar surface area (TPSA) is 113 Å². The molecular weight excluding hydrogens is 208 g/mol. The van der Waals surface area contributed by atoms with Crippen LogP contribution in [-0.4, -0.2) is 43.7 Å². The van der Waals surface area contributed by atoms with Crippen LogP contribution in [0.1, 0.15) is 6.92 Å². The van der Waals surface area contributed by atoms with E-state index in [9.17, 15) is 5.11 Å². The van der Waals surface area contributed by atoms with Gasteiger partial charge < -0.3 is 21.1 Å². The molecule has 0 radical (unpaired) electrons. The van der Waals surface area contributed by atoms with Crippen molar-refractivity contribution in [1.29, 1.82) is 0 Å². The molecule has 5 N–H and O–H groups in total. The summed E-state index contributed by atoms with van der Waals surface area (Å²) in [4.78, 5) is 15.0. The lowest BCUT2D eigenvalue weighted by Gasteiger charge is -2.15. The third-order valence-corrected chi connectivity index (χ3v) is 2.35. The van der Waals surface area contributed by atoms with E-state index in [1.807, 2.05) is 0 Å². The van der Waals surface area contributed by atoms with Gasteiger partial charge in [-0.25, -0.2) is 15.0 Å². The van der Waals surface area contributed by atoms with Gasteiger partial charge in [0.25, 0.3) is 0 Å². The maximum atomic E-state index is 9.25. The predicted molar refractivity (Wildman–Crippen MR) is 59.8 cm³/mol. The first-order valence-electron chi connectivity index (χ1n) is 5.00. The molecule has 2 rings (SSSR count). The number of hydrogen-bond acceptors (Lipinski definition) is 6. The molecule has 16 heavy (non-hydrogen) atoms. The summed E-state index contributed by atoms with van der Waals surface area (Å²) in [5, 5.41) is 12.3. The molecule has 0 aliphatic rings. The summed E-state index contributed by atoms with van der Waals surface area (Å²) in [7, 11) is 0. The van der Waals surface area contributed by atoms with E-state index in [0.717, 1.165) is 5.52 Å². The molecule has 0 amide bonds. The summed E-state index contributed by atoms with van der Waals surface area (Å²) in [6.07, 6.45) is 2.42. The number of H-pyrrole nitrogens is 1. The minimum Gasteiger partial charge on any atom is -0.392 e. The third kappa shape index (κ3) is 2.10. The highest BCUT2D eigenvalue weighted by Gasteiger charge is 2.11. The number of nitrogens with two attached hydrogens (primary N) is 1. The lowest BCUT2D eigenvalue weighted by Crippen LogP contribution is -2.38. The zero-order valence-corrected chi connectivity index (χ0v) is 8.88. The van der Waals surface area contributed by atoms with Gasteiger partial charge in [0.2, 0.25) is 0 Å². The Labute approximate surface area is 92.1 Å². The first-order chi connectivity index (χ1) is 7.68. The van der Waals surface area contributed by atoms with Crippen molar-refractivity contribution in [3.8, 4) is 0 Å². The van der Waals surface area contributed by atoms with Crippen molar-refractivity contribution in [2.45, 2.75) is 19.1 Å². The average Bonchev–Trinajstić information content (AvgIpc) is 2.73. The van der Waals surface area contributed by atoms with E-state index in [4.69, 9.17) is 5.73 Å². The highest BCUT2D eigenvalue weighted by Crippen LogP contribution is 2.13. The van der Waals surface area contributed by atoms with Crippen LogP contribution in [0.5, 0.6) is 0 Å². The number of hydrogen-bond donors (Lipinski definition) is 4. The molecule has 2 atom stereocenters. The maximum Gasteiger partial charge on any atom is 0.182 e. The van der Waals surface area contributed by atoms with Gasteiger partial charge in [-0.3, -0.25) is 0 Å². The lowest BCUT2D eigenvalue weighted by atomic mass is 10.2. The highest BCUT2D eigenvalue weighted by molar-refractivity contribution is 5.81. The van der Waals surface area contributed by atoms with E-state index < -0.39 is 6.10 Å². The summed E-state index contributed by atoms with van der Waals surface area (Å²) >= 11 is 0. The highest BCUT2D eigenvalue weighted by atomic mass is 16.3. The minimum absolute atomic E-state index is 0.340. The summed E-state index contributed by atoms with van der Waals surface area (Å²) < 4.78 is 0. The van der Waals surface area contributed by atoms with Crippen LogP contribution in [0.2, 0.25) is 0 Å². The van der Waals surface area contributed by atoms with Crippen molar-refractivity contribution in [1.82, 2.24) is 19.9 Å². The second-order valence-corrected chi connectivity index (χ2v) is 3.61. The number of aliphatic hydroxyl groups is 1. The zero-order valence-electron chi connectivity index (χ0n) is 8.88. The number of fused-ring (bicyclic) bond motifs is 1. The molecule has 7 nitrogen and oxygen atoms in total. The van der Waals surface area contributed by atoms with Crippen LogP contribution in [0, 0.1) is 0 Å². The monoisotopic (exact) mass is 222 g/mol. The van der Waals surface area contributed by atoms with Gasteiger partial charge >= 0.3 is 0 Å². The van der Waals surface area contributed by atoms with Crippen LogP contribution in [0.4, 0.5) is 5.82 Å². The van der Waals surface area contributed by atoms with Gasteiger partial charge in [0.05, 0.1) is 12.4 Å². The first kappa shape index (κ1) is 10.8. The first-order valence-corrected chi connectivity index (χ1v) is 5.00. The van der Waals surface area contributed by atoms with Crippen molar-refractivity contribution in [3.63, 3.8) is 0 Å². The number of nitrogens with one attached hydrogen (secondary N) is 2. The maximum absolute atomic E-state index is 9.25. The van der Waals surface area contributed by atoms with Gasteiger partial charge in [-0.15, -0.1) is 0 Å². The molecule has 2 heterocycles. The molecule has 0 bridgehead atoms. The van der Waals surface area contributed by atoms with E-state index in [2.05, 4.69) is 25.3 Å². The van der Waals surface area contributed by atoms with Gasteiger partial charge in [0.1, 0.15) is 11.8 Å². The Kier molecular flexibility index (Phi) is 2.97. The van der Waals surface area contributed by atoms with Crippen LogP contribution in [0.15, 0.2) is 12.7 Å². The molecule has 0 saturated carbocycles. The van der Waals surface area contributed by atoms with Crippen LogP contribution >= 0.6 is 0 Å². The molecular formula is C9H14N6O. The SMILES string of the molecule is CC(O)C(N)CNc1ncnc2nc[nH]c12. The number of nitrogens with zero attached hydrogens (tertiary/aromatic N) is 3. The smallest absolute Gasteiger partial charge is 0.182 e. The van der Waals surface area contributed by atoms with Crippen molar-refractivity contribution in [3.05, 3.63) is 12.7 Å². The zero-order chi connectivity index (χ0) is 11.5. The van der Waals surface area contributed by atoms with Crippen molar-refractivity contribution in [2.75, 3.05) is 11.9 Å². The molecule has 0 fully saturated rings. The standard InChI is InChI=1S/C9H14N6O/c1-5(16)6(10)2-11-8-7-9(13-3-12-7)15-4-14-8/h3-6,16H,2,10H2,1H3,(H2,11,12,13,14,15). The van der Waals surface area contributed by atoms with Gasteiger partial charge in [-0.1, -0.05) is 0 Å². The average molecular weight is 222 g/mol. The molecule has 7 heteroatoms. The van der Waals surface area contributed by atoms with Crippen molar-refractivity contribution in [2.24, 2.45) is 5.73 Å². The predicted octanol–water partition coefficient (Wildman–Crippen LogP) is -0.527. The van der Waals surface area contributed by atoms with Gasteiger partial charge in [0.15, 0.2) is 11.5 Å². The Morgan fingerprint density at radius 1 is 1.50 bits per heavy atom. The lowest BCUT2D eigenvalue weighted by molar-refractivity contribution is 0.168. The third-order valence-electron chi connectivity index (χ3n) is 2.35. The Hall–Kier alpha value is -1.73. The van der Waals surface area contributed by atoms with Crippen molar-refractivity contribution >= 4 is 17.0 Å². The van der Waals surface area contributed by atoms with E-state index >= 15 is 0 Å². The van der Waals surface area contributed by atoms with Crippen LogP contribution < -0.4 is 11.1 Å². The number of imidazole rings is 1. The summed E-state index contributed by atoms with van der Waals surface area (Å²) in [6.45, 7) is 2.08. The fourth-order valence-electron chi connectivity index (χ4n) is 1.28. The van der Waals surface area contributed by atoms with E-state index in [1.54, 1.807) is 13.3 Å². The van der Waals surface area contributed by atoms with Gasteiger partial charge in [-0.2, -0.15) is 0 Å². The molecule has 2 aromatic heterocycles. The molecule has 0 saturated heterocycles. The number of aromatic nitrogens is 4. The van der Waals surface area contributed by atoms with Crippen LogP contribution in [-0.2, 0) is 0 Å². The molecule has 0 spiro atoms. The molecule has 2 unspecified atom stereocenters. The number of aliphatic hydroxyl groups excluding tert-OH is 1. The van der Waals surface area contributed by atoms with Gasteiger partial charge in [0, 0.05) is 12.6 Å². The molecule has 0 aromatic carbocycles.